The predicted octanol–water partition coefficient (Wildman–Crippen LogP) is 4.73. The second kappa shape index (κ2) is 6.83. The van der Waals surface area contributed by atoms with E-state index in [9.17, 15) is 0 Å². The SMILES string of the molecule is CNCc1ccc(SC2CCCC(C)C2)c(Cl)c1. The van der Waals surface area contributed by atoms with E-state index in [1.54, 1.807) is 0 Å². The van der Waals surface area contributed by atoms with Crippen molar-refractivity contribution >= 4 is 23.4 Å². The molecule has 0 heterocycles. The number of nitrogens with one attached hydrogen (secondary N) is 1. The molecular formula is C15H22ClNS. The van der Waals surface area contributed by atoms with Gasteiger partial charge in [0.1, 0.15) is 0 Å². The normalized spacial score (nSPS) is 24.2. The molecule has 2 unspecified atom stereocenters. The molecule has 0 saturated heterocycles. The first-order valence-corrected chi connectivity index (χ1v) is 8.04. The standard InChI is InChI=1S/C15H22ClNS/c1-11-4-3-5-13(8-11)18-15-7-6-12(10-17-2)9-14(15)16/h6-7,9,11,13,17H,3-5,8,10H2,1-2H3. The molecule has 1 aromatic rings. The van der Waals surface area contributed by atoms with Gasteiger partial charge < -0.3 is 5.32 Å². The Hall–Kier alpha value is -0.180. The van der Waals surface area contributed by atoms with E-state index in [1.807, 2.05) is 18.8 Å². The molecule has 0 spiro atoms. The molecule has 1 aliphatic carbocycles. The van der Waals surface area contributed by atoms with Gasteiger partial charge in [0, 0.05) is 16.7 Å². The van der Waals surface area contributed by atoms with Gasteiger partial charge in [-0.25, -0.2) is 0 Å². The zero-order valence-electron chi connectivity index (χ0n) is 11.2. The van der Waals surface area contributed by atoms with Crippen molar-refractivity contribution in [2.45, 2.75) is 49.3 Å². The van der Waals surface area contributed by atoms with Crippen LogP contribution >= 0.6 is 23.4 Å². The van der Waals surface area contributed by atoms with Gasteiger partial charge in [-0.1, -0.05) is 37.4 Å². The van der Waals surface area contributed by atoms with Crippen LogP contribution in [-0.2, 0) is 6.54 Å². The van der Waals surface area contributed by atoms with Crippen LogP contribution in [0.4, 0.5) is 0 Å². The summed E-state index contributed by atoms with van der Waals surface area (Å²) < 4.78 is 0. The minimum absolute atomic E-state index is 0.751. The van der Waals surface area contributed by atoms with Crippen LogP contribution in [0.25, 0.3) is 0 Å². The van der Waals surface area contributed by atoms with Crippen LogP contribution in [0.15, 0.2) is 23.1 Å². The molecular weight excluding hydrogens is 262 g/mol. The highest BCUT2D eigenvalue weighted by Crippen LogP contribution is 2.38. The lowest BCUT2D eigenvalue weighted by Crippen LogP contribution is -2.14. The average molecular weight is 284 g/mol. The van der Waals surface area contributed by atoms with E-state index in [0.717, 1.165) is 22.7 Å². The minimum Gasteiger partial charge on any atom is -0.316 e. The third kappa shape index (κ3) is 3.91. The first-order chi connectivity index (χ1) is 8.69. The number of halogens is 1. The van der Waals surface area contributed by atoms with Gasteiger partial charge >= 0.3 is 0 Å². The third-order valence-corrected chi connectivity index (χ3v) is 5.36. The quantitative estimate of drug-likeness (QED) is 0.857. The molecule has 1 saturated carbocycles. The smallest absolute Gasteiger partial charge is 0.0545 e. The molecule has 1 nitrogen and oxygen atoms in total. The molecule has 0 radical (unpaired) electrons. The van der Waals surface area contributed by atoms with Crippen LogP contribution < -0.4 is 5.32 Å². The Kier molecular flexibility index (Phi) is 5.40. The first kappa shape index (κ1) is 14.2. The molecule has 0 aliphatic heterocycles. The molecule has 18 heavy (non-hydrogen) atoms. The highest BCUT2D eigenvalue weighted by Gasteiger charge is 2.20. The van der Waals surface area contributed by atoms with E-state index >= 15 is 0 Å². The predicted molar refractivity (Wildman–Crippen MR) is 81.5 cm³/mol. The summed E-state index contributed by atoms with van der Waals surface area (Å²) in [6, 6.07) is 6.45. The molecule has 3 heteroatoms. The summed E-state index contributed by atoms with van der Waals surface area (Å²) in [6.45, 7) is 3.25. The van der Waals surface area contributed by atoms with Gasteiger partial charge in [-0.05, 0) is 43.5 Å². The van der Waals surface area contributed by atoms with Gasteiger partial charge in [0.25, 0.3) is 0 Å². The Morgan fingerprint density at radius 1 is 1.39 bits per heavy atom. The van der Waals surface area contributed by atoms with Gasteiger partial charge in [0.2, 0.25) is 0 Å². The highest BCUT2D eigenvalue weighted by atomic mass is 35.5. The van der Waals surface area contributed by atoms with Gasteiger partial charge in [0.15, 0.2) is 0 Å². The van der Waals surface area contributed by atoms with Crippen molar-refractivity contribution < 1.29 is 0 Å². The van der Waals surface area contributed by atoms with Crippen molar-refractivity contribution in [1.82, 2.24) is 5.32 Å². The van der Waals surface area contributed by atoms with Crippen LogP contribution in [0.2, 0.25) is 5.02 Å². The monoisotopic (exact) mass is 283 g/mol. The van der Waals surface area contributed by atoms with Crippen LogP contribution in [0.3, 0.4) is 0 Å². The van der Waals surface area contributed by atoms with Crippen LogP contribution in [0.1, 0.15) is 38.2 Å². The van der Waals surface area contributed by atoms with E-state index in [4.69, 9.17) is 11.6 Å². The Labute approximate surface area is 120 Å². The Morgan fingerprint density at radius 2 is 2.22 bits per heavy atom. The van der Waals surface area contributed by atoms with Crippen LogP contribution in [0, 0.1) is 5.92 Å². The maximum Gasteiger partial charge on any atom is 0.0545 e. The van der Waals surface area contributed by atoms with E-state index < -0.39 is 0 Å². The summed E-state index contributed by atoms with van der Waals surface area (Å²) >= 11 is 8.34. The van der Waals surface area contributed by atoms with Crippen molar-refractivity contribution in [2.75, 3.05) is 7.05 Å². The summed E-state index contributed by atoms with van der Waals surface area (Å²) in [4.78, 5) is 1.25. The molecule has 0 bridgehead atoms. The van der Waals surface area contributed by atoms with Crippen molar-refractivity contribution in [3.05, 3.63) is 28.8 Å². The van der Waals surface area contributed by atoms with Crippen LogP contribution in [0.5, 0.6) is 0 Å². The van der Waals surface area contributed by atoms with Gasteiger partial charge in [-0.15, -0.1) is 11.8 Å². The summed E-state index contributed by atoms with van der Waals surface area (Å²) in [7, 11) is 1.96. The van der Waals surface area contributed by atoms with Crippen molar-refractivity contribution in [2.24, 2.45) is 5.92 Å². The van der Waals surface area contributed by atoms with Gasteiger partial charge in [-0.3, -0.25) is 0 Å². The van der Waals surface area contributed by atoms with E-state index in [2.05, 4.69) is 30.4 Å². The second-order valence-electron chi connectivity index (χ2n) is 5.31. The third-order valence-electron chi connectivity index (χ3n) is 3.56. The Morgan fingerprint density at radius 3 is 2.89 bits per heavy atom. The van der Waals surface area contributed by atoms with Crippen molar-refractivity contribution in [3.8, 4) is 0 Å². The molecule has 0 amide bonds. The summed E-state index contributed by atoms with van der Waals surface area (Å²) in [6.07, 6.45) is 5.43. The number of rotatable bonds is 4. The maximum atomic E-state index is 6.37. The minimum atomic E-state index is 0.751. The Bertz CT molecular complexity index is 394. The first-order valence-electron chi connectivity index (χ1n) is 6.78. The molecule has 100 valence electrons. The molecule has 2 atom stereocenters. The Balaban J connectivity index is 2.00. The maximum absolute atomic E-state index is 6.37. The fourth-order valence-corrected chi connectivity index (χ4v) is 4.34. The number of hydrogen-bond donors (Lipinski definition) is 1. The average Bonchev–Trinajstić information content (AvgIpc) is 2.33. The summed E-state index contributed by atoms with van der Waals surface area (Å²) in [5.41, 5.74) is 1.25. The fourth-order valence-electron chi connectivity index (χ4n) is 2.62. The molecule has 1 aliphatic rings. The van der Waals surface area contributed by atoms with Crippen LogP contribution in [-0.4, -0.2) is 12.3 Å². The lowest BCUT2D eigenvalue weighted by molar-refractivity contribution is 0.394. The van der Waals surface area contributed by atoms with E-state index in [1.165, 1.54) is 36.1 Å². The van der Waals surface area contributed by atoms with E-state index in [-0.39, 0.29) is 0 Å². The van der Waals surface area contributed by atoms with Gasteiger partial charge in [0.05, 0.1) is 5.02 Å². The topological polar surface area (TPSA) is 12.0 Å². The molecule has 1 fully saturated rings. The molecule has 2 rings (SSSR count). The van der Waals surface area contributed by atoms with Crippen molar-refractivity contribution in [1.29, 1.82) is 0 Å². The lowest BCUT2D eigenvalue weighted by Gasteiger charge is -2.26. The van der Waals surface area contributed by atoms with E-state index in [0.29, 0.717) is 0 Å². The van der Waals surface area contributed by atoms with Crippen molar-refractivity contribution in [3.63, 3.8) is 0 Å². The number of thioether (sulfide) groups is 1. The molecule has 1 aromatic carbocycles. The zero-order chi connectivity index (χ0) is 13.0. The largest absolute Gasteiger partial charge is 0.316 e. The number of benzene rings is 1. The summed E-state index contributed by atoms with van der Waals surface area (Å²) in [5, 5.41) is 4.81. The fraction of sp³-hybridized carbons (Fsp3) is 0.600. The zero-order valence-corrected chi connectivity index (χ0v) is 12.8. The summed E-state index contributed by atoms with van der Waals surface area (Å²) in [5.74, 6) is 0.874. The van der Waals surface area contributed by atoms with Gasteiger partial charge in [-0.2, -0.15) is 0 Å². The number of hydrogen-bond acceptors (Lipinski definition) is 2. The molecule has 1 N–H and O–H groups in total. The second-order valence-corrected chi connectivity index (χ2v) is 7.06. The lowest BCUT2D eigenvalue weighted by atomic mass is 9.91. The highest BCUT2D eigenvalue weighted by molar-refractivity contribution is 8.00. The molecule has 0 aromatic heterocycles.